The van der Waals surface area contributed by atoms with E-state index in [-0.39, 0.29) is 17.7 Å². The van der Waals surface area contributed by atoms with Crippen LogP contribution in [0.2, 0.25) is 5.02 Å². The van der Waals surface area contributed by atoms with Crippen molar-refractivity contribution in [3.63, 3.8) is 0 Å². The fourth-order valence-electron chi connectivity index (χ4n) is 3.44. The average Bonchev–Trinajstić information content (AvgIpc) is 3.16. The number of aromatic nitrogens is 4. The molecule has 4 aromatic heterocycles. The van der Waals surface area contributed by atoms with Gasteiger partial charge in [0.2, 0.25) is 0 Å². The zero-order valence-corrected chi connectivity index (χ0v) is 17.4. The van der Waals surface area contributed by atoms with Gasteiger partial charge in [0.25, 0.3) is 11.1 Å². The Morgan fingerprint density at radius 1 is 1.10 bits per heavy atom. The lowest BCUT2D eigenvalue weighted by Gasteiger charge is -2.08. The number of hydrogen-bond donors (Lipinski definition) is 0. The van der Waals surface area contributed by atoms with Gasteiger partial charge in [0.15, 0.2) is 0 Å². The van der Waals surface area contributed by atoms with Crippen LogP contribution >= 0.6 is 22.9 Å². The van der Waals surface area contributed by atoms with E-state index in [1.807, 2.05) is 30.5 Å². The summed E-state index contributed by atoms with van der Waals surface area (Å²) in [4.78, 5) is 35.4. The van der Waals surface area contributed by atoms with E-state index in [4.69, 9.17) is 11.6 Å². The van der Waals surface area contributed by atoms with Crippen molar-refractivity contribution < 1.29 is 0 Å². The smallest absolute Gasteiger partial charge is 0.263 e. The zero-order chi connectivity index (χ0) is 20.8. The highest BCUT2D eigenvalue weighted by Crippen LogP contribution is 2.31. The highest BCUT2D eigenvalue weighted by atomic mass is 35.5. The Kier molecular flexibility index (Phi) is 4.49. The molecule has 0 radical (unpaired) electrons. The molecule has 0 aliphatic heterocycles. The van der Waals surface area contributed by atoms with Crippen LogP contribution in [0.5, 0.6) is 0 Å². The summed E-state index contributed by atoms with van der Waals surface area (Å²) in [5.41, 5.74) is 3.39. The number of fused-ring (bicyclic) bond motifs is 2. The normalized spacial score (nSPS) is 11.4. The Labute approximate surface area is 179 Å². The molecule has 0 atom stereocenters. The van der Waals surface area contributed by atoms with Gasteiger partial charge in [-0.2, -0.15) is 0 Å². The molecule has 0 unspecified atom stereocenters. The molecule has 8 heteroatoms. The van der Waals surface area contributed by atoms with Crippen LogP contribution in [0.15, 0.2) is 70.0 Å². The molecule has 6 nitrogen and oxygen atoms in total. The molecule has 0 aliphatic carbocycles. The molecular formula is C22H15ClN4O2S. The molecular weight excluding hydrogens is 420 g/mol. The fourth-order valence-corrected chi connectivity index (χ4v) is 4.47. The van der Waals surface area contributed by atoms with Crippen molar-refractivity contribution in [2.45, 2.75) is 13.5 Å². The Bertz CT molecular complexity index is 1530. The minimum absolute atomic E-state index is 0.164. The van der Waals surface area contributed by atoms with E-state index in [0.29, 0.717) is 26.6 Å². The van der Waals surface area contributed by atoms with E-state index in [9.17, 15) is 9.59 Å². The van der Waals surface area contributed by atoms with Crippen LogP contribution in [0.3, 0.4) is 0 Å². The lowest BCUT2D eigenvalue weighted by atomic mass is 10.1. The van der Waals surface area contributed by atoms with E-state index in [2.05, 4.69) is 9.97 Å². The van der Waals surface area contributed by atoms with Crippen LogP contribution in [-0.2, 0) is 6.54 Å². The monoisotopic (exact) mass is 434 g/mol. The quantitative estimate of drug-likeness (QED) is 0.428. The van der Waals surface area contributed by atoms with Crippen molar-refractivity contribution in [2.24, 2.45) is 0 Å². The van der Waals surface area contributed by atoms with E-state index in [1.54, 1.807) is 24.4 Å². The molecule has 0 saturated heterocycles. The summed E-state index contributed by atoms with van der Waals surface area (Å²) in [6, 6.07) is 12.5. The van der Waals surface area contributed by atoms with E-state index >= 15 is 0 Å². The third-order valence-corrected chi connectivity index (χ3v) is 6.05. The zero-order valence-electron chi connectivity index (χ0n) is 15.9. The summed E-state index contributed by atoms with van der Waals surface area (Å²) in [5, 5.41) is 3.12. The molecule has 0 N–H and O–H groups in total. The second-order valence-electron chi connectivity index (χ2n) is 7.03. The standard InChI is InChI=1S/C22H15ClN4O2S/c1-13-2-7-18-25-16(8-19(28)27(18)9-13)10-26-12-24-21-20(22(26)29)17(11-30-21)14-3-5-15(23)6-4-14/h2-9,11-12H,10H2,1H3. The van der Waals surface area contributed by atoms with Gasteiger partial charge in [-0.15, -0.1) is 11.3 Å². The number of hydrogen-bond acceptors (Lipinski definition) is 5. The molecule has 0 saturated carbocycles. The van der Waals surface area contributed by atoms with E-state index in [1.165, 1.54) is 32.7 Å². The minimum atomic E-state index is -0.182. The van der Waals surface area contributed by atoms with Crippen molar-refractivity contribution in [1.29, 1.82) is 0 Å². The van der Waals surface area contributed by atoms with Gasteiger partial charge in [-0.05, 0) is 36.2 Å². The van der Waals surface area contributed by atoms with Crippen LogP contribution < -0.4 is 11.1 Å². The van der Waals surface area contributed by atoms with Gasteiger partial charge in [0.05, 0.1) is 24.0 Å². The maximum absolute atomic E-state index is 13.2. The summed E-state index contributed by atoms with van der Waals surface area (Å²) >= 11 is 7.41. The Morgan fingerprint density at radius 2 is 1.90 bits per heavy atom. The highest BCUT2D eigenvalue weighted by molar-refractivity contribution is 7.17. The lowest BCUT2D eigenvalue weighted by molar-refractivity contribution is 0.727. The molecule has 0 aliphatic rings. The van der Waals surface area contributed by atoms with Crippen LogP contribution in [0.1, 0.15) is 11.3 Å². The van der Waals surface area contributed by atoms with Crippen molar-refractivity contribution in [1.82, 2.24) is 18.9 Å². The summed E-state index contributed by atoms with van der Waals surface area (Å²) in [6.07, 6.45) is 3.25. The second kappa shape index (κ2) is 7.19. The van der Waals surface area contributed by atoms with Crippen LogP contribution in [0.25, 0.3) is 27.0 Å². The maximum Gasteiger partial charge on any atom is 0.263 e. The summed E-state index contributed by atoms with van der Waals surface area (Å²) in [7, 11) is 0. The maximum atomic E-state index is 13.2. The fraction of sp³-hybridized carbons (Fsp3) is 0.0909. The molecule has 0 bridgehead atoms. The first kappa shape index (κ1) is 18.7. The van der Waals surface area contributed by atoms with Gasteiger partial charge in [0.1, 0.15) is 10.5 Å². The van der Waals surface area contributed by atoms with E-state index < -0.39 is 0 Å². The molecule has 148 valence electrons. The molecule has 4 heterocycles. The lowest BCUT2D eigenvalue weighted by Crippen LogP contribution is -2.23. The van der Waals surface area contributed by atoms with Gasteiger partial charge in [-0.25, -0.2) is 9.97 Å². The molecule has 0 spiro atoms. The average molecular weight is 435 g/mol. The minimum Gasteiger partial charge on any atom is -0.293 e. The molecule has 0 fully saturated rings. The first-order chi connectivity index (χ1) is 14.5. The van der Waals surface area contributed by atoms with Crippen molar-refractivity contribution >= 4 is 38.8 Å². The summed E-state index contributed by atoms with van der Waals surface area (Å²) in [5.74, 6) is 0. The van der Waals surface area contributed by atoms with Crippen LogP contribution in [0.4, 0.5) is 0 Å². The first-order valence-corrected chi connectivity index (χ1v) is 10.5. The SMILES string of the molecule is Cc1ccc2nc(Cn3cnc4scc(-c5ccc(Cl)cc5)c4c3=O)cc(=O)n2c1. The second-order valence-corrected chi connectivity index (χ2v) is 8.33. The number of aryl methyl sites for hydroxylation is 1. The topological polar surface area (TPSA) is 69.3 Å². The number of halogens is 1. The molecule has 5 rings (SSSR count). The van der Waals surface area contributed by atoms with Crippen molar-refractivity contribution in [2.75, 3.05) is 0 Å². The van der Waals surface area contributed by atoms with Gasteiger partial charge < -0.3 is 0 Å². The van der Waals surface area contributed by atoms with Crippen LogP contribution in [0, 0.1) is 6.92 Å². The number of nitrogens with zero attached hydrogens (tertiary/aromatic N) is 4. The molecule has 1 aromatic carbocycles. The summed E-state index contributed by atoms with van der Waals surface area (Å²) < 4.78 is 2.99. The van der Waals surface area contributed by atoms with Gasteiger partial charge >= 0.3 is 0 Å². The third kappa shape index (κ3) is 3.22. The predicted octanol–water partition coefficient (Wildman–Crippen LogP) is 4.14. The van der Waals surface area contributed by atoms with Crippen molar-refractivity contribution in [3.05, 3.63) is 97.4 Å². The largest absolute Gasteiger partial charge is 0.293 e. The Hall–Kier alpha value is -3.29. The number of thiophene rings is 1. The van der Waals surface area contributed by atoms with Gasteiger partial charge in [0, 0.05) is 28.2 Å². The highest BCUT2D eigenvalue weighted by Gasteiger charge is 2.14. The van der Waals surface area contributed by atoms with E-state index in [0.717, 1.165) is 16.7 Å². The molecule has 30 heavy (non-hydrogen) atoms. The predicted molar refractivity (Wildman–Crippen MR) is 120 cm³/mol. The third-order valence-electron chi connectivity index (χ3n) is 4.91. The van der Waals surface area contributed by atoms with Crippen molar-refractivity contribution in [3.8, 4) is 11.1 Å². The summed E-state index contributed by atoms with van der Waals surface area (Å²) in [6.45, 7) is 2.08. The van der Waals surface area contributed by atoms with Gasteiger partial charge in [-0.3, -0.25) is 18.6 Å². The number of pyridine rings is 1. The molecule has 5 aromatic rings. The molecule has 0 amide bonds. The Balaban J connectivity index is 1.61. The first-order valence-electron chi connectivity index (χ1n) is 9.21. The van der Waals surface area contributed by atoms with Gasteiger partial charge in [-0.1, -0.05) is 29.8 Å². The number of benzene rings is 1. The van der Waals surface area contributed by atoms with Crippen LogP contribution in [-0.4, -0.2) is 18.9 Å². The Morgan fingerprint density at radius 3 is 2.70 bits per heavy atom. The number of rotatable bonds is 3.